The summed E-state index contributed by atoms with van der Waals surface area (Å²) < 4.78 is 5.49. The number of rotatable bonds is 3. The molecule has 1 aliphatic rings. The van der Waals surface area contributed by atoms with Gasteiger partial charge in [0.05, 0.1) is 7.11 Å². The predicted octanol–water partition coefficient (Wildman–Crippen LogP) is 5.73. The van der Waals surface area contributed by atoms with E-state index in [2.05, 4.69) is 0 Å². The molecule has 0 radical (unpaired) electrons. The standard InChI is InChI=1S/C26H20O4/c1-14-22(30-2)11-10-18-21(27)13-20-24(23(14)18)17-9-8-16(15-6-4-3-5-7-15)12-19(17)25(20)26(28)29/h3-13,25,27H,1-2H3,(H,28,29). The molecule has 5 rings (SSSR count). The van der Waals surface area contributed by atoms with E-state index in [1.54, 1.807) is 13.2 Å². The molecule has 0 saturated heterocycles. The monoisotopic (exact) mass is 396 g/mol. The van der Waals surface area contributed by atoms with Crippen molar-refractivity contribution in [1.29, 1.82) is 0 Å². The fourth-order valence-electron chi connectivity index (χ4n) is 4.68. The van der Waals surface area contributed by atoms with Gasteiger partial charge in [-0.1, -0.05) is 42.5 Å². The fourth-order valence-corrected chi connectivity index (χ4v) is 4.68. The highest BCUT2D eigenvalue weighted by molar-refractivity contribution is 6.09. The van der Waals surface area contributed by atoms with Gasteiger partial charge in [-0.3, -0.25) is 4.79 Å². The number of benzene rings is 4. The lowest BCUT2D eigenvalue weighted by molar-refractivity contribution is -0.137. The second-order valence-electron chi connectivity index (χ2n) is 7.61. The molecule has 0 aliphatic heterocycles. The third-order valence-electron chi connectivity index (χ3n) is 6.04. The van der Waals surface area contributed by atoms with Crippen LogP contribution >= 0.6 is 0 Å². The number of phenols is 1. The molecule has 1 unspecified atom stereocenters. The van der Waals surface area contributed by atoms with E-state index in [1.165, 1.54) is 0 Å². The van der Waals surface area contributed by atoms with Gasteiger partial charge >= 0.3 is 5.97 Å². The Bertz CT molecular complexity index is 1320. The van der Waals surface area contributed by atoms with E-state index in [9.17, 15) is 15.0 Å². The largest absolute Gasteiger partial charge is 0.507 e. The van der Waals surface area contributed by atoms with Crippen molar-refractivity contribution in [2.24, 2.45) is 0 Å². The maximum atomic E-state index is 12.3. The Morgan fingerprint density at radius 3 is 2.40 bits per heavy atom. The van der Waals surface area contributed by atoms with Crippen molar-refractivity contribution < 1.29 is 19.7 Å². The third kappa shape index (κ3) is 2.50. The van der Waals surface area contributed by atoms with Crippen molar-refractivity contribution >= 4 is 16.7 Å². The van der Waals surface area contributed by atoms with Gasteiger partial charge in [-0.2, -0.15) is 0 Å². The molecule has 4 aromatic carbocycles. The van der Waals surface area contributed by atoms with E-state index >= 15 is 0 Å². The van der Waals surface area contributed by atoms with Crippen LogP contribution in [0.2, 0.25) is 0 Å². The summed E-state index contributed by atoms with van der Waals surface area (Å²) in [5.74, 6) is -0.979. The van der Waals surface area contributed by atoms with Crippen LogP contribution in [0.4, 0.5) is 0 Å². The summed E-state index contributed by atoms with van der Waals surface area (Å²) in [7, 11) is 1.61. The molecule has 0 amide bonds. The Morgan fingerprint density at radius 2 is 1.70 bits per heavy atom. The van der Waals surface area contributed by atoms with E-state index in [4.69, 9.17) is 4.74 Å². The summed E-state index contributed by atoms with van der Waals surface area (Å²) >= 11 is 0. The Kier molecular flexibility index (Phi) is 4.03. The van der Waals surface area contributed by atoms with Crippen LogP contribution in [-0.4, -0.2) is 23.3 Å². The van der Waals surface area contributed by atoms with Crippen LogP contribution in [0.5, 0.6) is 11.5 Å². The molecule has 0 saturated carbocycles. The number of hydrogen-bond donors (Lipinski definition) is 2. The number of ether oxygens (including phenoxy) is 1. The predicted molar refractivity (Wildman–Crippen MR) is 117 cm³/mol. The van der Waals surface area contributed by atoms with Crippen molar-refractivity contribution in [3.8, 4) is 33.8 Å². The topological polar surface area (TPSA) is 66.8 Å². The van der Waals surface area contributed by atoms with E-state index in [0.29, 0.717) is 16.7 Å². The van der Waals surface area contributed by atoms with Gasteiger partial charge in [0.1, 0.15) is 17.4 Å². The quantitative estimate of drug-likeness (QED) is 0.464. The first-order valence-electron chi connectivity index (χ1n) is 9.77. The van der Waals surface area contributed by atoms with Gasteiger partial charge in [-0.15, -0.1) is 0 Å². The first-order chi connectivity index (χ1) is 14.5. The van der Waals surface area contributed by atoms with Crippen LogP contribution in [0.3, 0.4) is 0 Å². The second-order valence-corrected chi connectivity index (χ2v) is 7.61. The third-order valence-corrected chi connectivity index (χ3v) is 6.04. The van der Waals surface area contributed by atoms with Crippen molar-refractivity contribution in [2.45, 2.75) is 12.8 Å². The Labute approximate surface area is 174 Å². The van der Waals surface area contributed by atoms with Crippen LogP contribution in [0.15, 0.2) is 66.7 Å². The van der Waals surface area contributed by atoms with Gasteiger partial charge in [-0.05, 0) is 70.1 Å². The van der Waals surface area contributed by atoms with Gasteiger partial charge in [0.25, 0.3) is 0 Å². The summed E-state index contributed by atoms with van der Waals surface area (Å²) in [5.41, 5.74) is 5.99. The van der Waals surface area contributed by atoms with Gasteiger partial charge in [0.15, 0.2) is 0 Å². The lowest BCUT2D eigenvalue weighted by Gasteiger charge is -2.15. The Morgan fingerprint density at radius 1 is 0.933 bits per heavy atom. The normalized spacial score (nSPS) is 14.4. The highest BCUT2D eigenvalue weighted by Crippen LogP contribution is 2.52. The molecule has 148 valence electrons. The van der Waals surface area contributed by atoms with Crippen molar-refractivity contribution in [2.75, 3.05) is 7.11 Å². The molecule has 1 aliphatic carbocycles. The van der Waals surface area contributed by atoms with Gasteiger partial charge in [0, 0.05) is 10.8 Å². The number of methoxy groups -OCH3 is 1. The number of aliphatic carboxylic acids is 1. The van der Waals surface area contributed by atoms with E-state index in [1.807, 2.05) is 67.6 Å². The van der Waals surface area contributed by atoms with Crippen molar-refractivity contribution in [3.63, 3.8) is 0 Å². The maximum absolute atomic E-state index is 12.3. The zero-order chi connectivity index (χ0) is 21.0. The van der Waals surface area contributed by atoms with Gasteiger partial charge < -0.3 is 14.9 Å². The first-order valence-corrected chi connectivity index (χ1v) is 9.77. The minimum absolute atomic E-state index is 0.0804. The van der Waals surface area contributed by atoms with Crippen LogP contribution in [0.1, 0.15) is 22.6 Å². The minimum atomic E-state index is -0.931. The molecule has 0 aromatic heterocycles. The Balaban J connectivity index is 1.86. The van der Waals surface area contributed by atoms with E-state index in [0.717, 1.165) is 38.8 Å². The molecular weight excluding hydrogens is 376 g/mol. The summed E-state index contributed by atoms with van der Waals surface area (Å²) in [6, 6.07) is 21.1. The summed E-state index contributed by atoms with van der Waals surface area (Å²) in [6.07, 6.45) is 0. The molecule has 0 heterocycles. The van der Waals surface area contributed by atoms with Crippen LogP contribution in [0, 0.1) is 6.92 Å². The number of carboxylic acids is 1. The molecule has 4 nitrogen and oxygen atoms in total. The number of carboxylic acid groups (broad SMARTS) is 1. The molecule has 2 N–H and O–H groups in total. The van der Waals surface area contributed by atoms with Crippen LogP contribution < -0.4 is 4.74 Å². The maximum Gasteiger partial charge on any atom is 0.315 e. The zero-order valence-electron chi connectivity index (χ0n) is 16.6. The number of aryl methyl sites for hydroxylation is 1. The summed E-state index contributed by atoms with van der Waals surface area (Å²) in [6.45, 7) is 1.94. The average molecular weight is 396 g/mol. The molecule has 0 fully saturated rings. The highest BCUT2D eigenvalue weighted by atomic mass is 16.5. The smallest absolute Gasteiger partial charge is 0.315 e. The van der Waals surface area contributed by atoms with Crippen molar-refractivity contribution in [3.05, 3.63) is 83.4 Å². The molecule has 0 bridgehead atoms. The molecule has 0 spiro atoms. The molecule has 4 heteroatoms. The fraction of sp³-hybridized carbons (Fsp3) is 0.115. The Hall–Kier alpha value is -3.79. The van der Waals surface area contributed by atoms with Crippen LogP contribution in [0.25, 0.3) is 33.0 Å². The highest BCUT2D eigenvalue weighted by Gasteiger charge is 2.36. The van der Waals surface area contributed by atoms with Gasteiger partial charge in [0.2, 0.25) is 0 Å². The number of aromatic hydroxyl groups is 1. The first kappa shape index (κ1) is 18.3. The lowest BCUT2D eigenvalue weighted by Crippen LogP contribution is -2.10. The lowest BCUT2D eigenvalue weighted by atomic mass is 9.92. The minimum Gasteiger partial charge on any atom is -0.507 e. The molecule has 1 atom stereocenters. The second kappa shape index (κ2) is 6.63. The number of fused-ring (bicyclic) bond motifs is 5. The summed E-state index contributed by atoms with van der Waals surface area (Å²) in [5, 5.41) is 22.3. The van der Waals surface area contributed by atoms with E-state index in [-0.39, 0.29) is 5.75 Å². The SMILES string of the molecule is COc1ccc2c(O)cc3c(c2c1C)-c1ccc(-c2ccccc2)cc1C3C(=O)O. The zero-order valence-corrected chi connectivity index (χ0v) is 16.6. The van der Waals surface area contributed by atoms with E-state index < -0.39 is 11.9 Å². The van der Waals surface area contributed by atoms with Crippen LogP contribution in [-0.2, 0) is 4.79 Å². The number of hydrogen-bond acceptors (Lipinski definition) is 3. The number of phenolic OH excluding ortho intramolecular Hbond substituents is 1. The average Bonchev–Trinajstić information content (AvgIpc) is 3.07. The molecule has 4 aromatic rings. The van der Waals surface area contributed by atoms with Crippen molar-refractivity contribution in [1.82, 2.24) is 0 Å². The molecule has 30 heavy (non-hydrogen) atoms. The number of carbonyl (C=O) groups is 1. The van der Waals surface area contributed by atoms with Gasteiger partial charge in [-0.25, -0.2) is 0 Å². The summed E-state index contributed by atoms with van der Waals surface area (Å²) in [4.78, 5) is 12.3. The molecular formula is C26H20O4.